The molecule has 0 bridgehead atoms. The van der Waals surface area contributed by atoms with Crippen LogP contribution in [-0.2, 0) is 9.53 Å². The number of hydrogen-bond donors (Lipinski definition) is 1. The predicted octanol–water partition coefficient (Wildman–Crippen LogP) is 2.22. The number of anilines is 1. The van der Waals surface area contributed by atoms with Crippen LogP contribution in [0.2, 0.25) is 0 Å². The second-order valence-corrected chi connectivity index (χ2v) is 5.93. The third kappa shape index (κ3) is 2.66. The number of carbonyl (C=O) groups is 1. The van der Waals surface area contributed by atoms with Gasteiger partial charge in [-0.25, -0.2) is 0 Å². The number of rotatable bonds is 2. The van der Waals surface area contributed by atoms with Crippen LogP contribution in [0.25, 0.3) is 0 Å². The maximum atomic E-state index is 12.5. The minimum atomic E-state index is 0.136. The number of nitrogens with one attached hydrogen (secondary N) is 1. The van der Waals surface area contributed by atoms with Crippen LogP contribution < -0.4 is 5.32 Å². The highest BCUT2D eigenvalue weighted by Gasteiger charge is 2.30. The number of hydrogen-bond acceptors (Lipinski definition) is 3. The summed E-state index contributed by atoms with van der Waals surface area (Å²) >= 11 is 0. The normalized spacial score (nSPS) is 28.9. The van der Waals surface area contributed by atoms with Gasteiger partial charge in [0, 0.05) is 37.7 Å². The minimum absolute atomic E-state index is 0.136. The van der Waals surface area contributed by atoms with Gasteiger partial charge in [-0.05, 0) is 25.5 Å². The number of benzene rings is 1. The molecule has 1 N–H and O–H groups in total. The number of para-hydroxylation sites is 1. The van der Waals surface area contributed by atoms with Crippen molar-refractivity contribution in [3.8, 4) is 0 Å². The van der Waals surface area contributed by atoms with Gasteiger partial charge in [0.1, 0.15) is 0 Å². The molecule has 2 aliphatic heterocycles. The van der Waals surface area contributed by atoms with Gasteiger partial charge in [-0.3, -0.25) is 4.79 Å². The van der Waals surface area contributed by atoms with Crippen LogP contribution in [0, 0.1) is 0 Å². The van der Waals surface area contributed by atoms with Gasteiger partial charge in [-0.1, -0.05) is 18.2 Å². The molecule has 1 aromatic rings. The van der Waals surface area contributed by atoms with Crippen LogP contribution in [-0.4, -0.2) is 42.6 Å². The molecular formula is C16H22N2O2. The Hall–Kier alpha value is -1.55. The van der Waals surface area contributed by atoms with E-state index >= 15 is 0 Å². The van der Waals surface area contributed by atoms with Crippen molar-refractivity contribution in [1.82, 2.24) is 4.90 Å². The number of ether oxygens (including phenoxy) is 1. The van der Waals surface area contributed by atoms with Gasteiger partial charge in [0.15, 0.2) is 0 Å². The van der Waals surface area contributed by atoms with Crippen molar-refractivity contribution < 1.29 is 9.53 Å². The Kier molecular flexibility index (Phi) is 3.66. The molecule has 1 aromatic carbocycles. The first-order chi connectivity index (χ1) is 9.63. The minimum Gasteiger partial charge on any atom is -0.384 e. The Bertz CT molecular complexity index is 493. The third-order valence-corrected chi connectivity index (χ3v) is 4.13. The van der Waals surface area contributed by atoms with Crippen LogP contribution in [0.3, 0.4) is 0 Å². The topological polar surface area (TPSA) is 41.6 Å². The summed E-state index contributed by atoms with van der Waals surface area (Å²) in [6, 6.07) is 8.28. The molecule has 3 atom stereocenters. The first-order valence-electron chi connectivity index (χ1n) is 7.39. The van der Waals surface area contributed by atoms with Crippen molar-refractivity contribution in [2.75, 3.05) is 25.0 Å². The van der Waals surface area contributed by atoms with Crippen LogP contribution in [0.1, 0.15) is 31.7 Å². The summed E-state index contributed by atoms with van der Waals surface area (Å²) in [7, 11) is 0. The quantitative estimate of drug-likeness (QED) is 0.899. The standard InChI is InChI=1S/C16H22N2O2/c1-11-9-18(10-12(2)20-11)16(19)7-13-8-17-15-6-4-3-5-14(13)15/h3-6,11-13,17H,7-10H2,1-2H3. The molecule has 0 aromatic heterocycles. The van der Waals surface area contributed by atoms with Crippen molar-refractivity contribution in [2.45, 2.75) is 38.4 Å². The second kappa shape index (κ2) is 5.44. The molecule has 2 heterocycles. The van der Waals surface area contributed by atoms with E-state index in [4.69, 9.17) is 4.74 Å². The summed E-state index contributed by atoms with van der Waals surface area (Å²) in [6.45, 7) is 6.35. The number of amides is 1. The van der Waals surface area contributed by atoms with Crippen molar-refractivity contribution in [2.24, 2.45) is 0 Å². The van der Waals surface area contributed by atoms with E-state index in [0.717, 1.165) is 6.54 Å². The molecule has 20 heavy (non-hydrogen) atoms. The SMILES string of the molecule is CC1CN(C(=O)CC2CNc3ccccc32)CC(C)O1. The molecule has 1 saturated heterocycles. The average molecular weight is 274 g/mol. The smallest absolute Gasteiger partial charge is 0.223 e. The van der Waals surface area contributed by atoms with Crippen LogP contribution in [0.15, 0.2) is 24.3 Å². The van der Waals surface area contributed by atoms with E-state index in [9.17, 15) is 4.79 Å². The molecule has 0 spiro atoms. The molecule has 0 saturated carbocycles. The molecule has 0 radical (unpaired) electrons. The van der Waals surface area contributed by atoms with E-state index in [1.165, 1.54) is 11.3 Å². The summed E-state index contributed by atoms with van der Waals surface area (Å²) in [5, 5.41) is 3.38. The molecule has 2 aliphatic rings. The number of fused-ring (bicyclic) bond motifs is 1. The van der Waals surface area contributed by atoms with Crippen LogP contribution in [0.4, 0.5) is 5.69 Å². The fraction of sp³-hybridized carbons (Fsp3) is 0.562. The number of nitrogens with zero attached hydrogens (tertiary/aromatic N) is 1. The molecule has 3 rings (SSSR count). The van der Waals surface area contributed by atoms with E-state index in [0.29, 0.717) is 25.4 Å². The lowest BCUT2D eigenvalue weighted by Crippen LogP contribution is -2.48. The van der Waals surface area contributed by atoms with Gasteiger partial charge in [-0.15, -0.1) is 0 Å². The Balaban J connectivity index is 1.65. The zero-order valence-corrected chi connectivity index (χ0v) is 12.1. The molecule has 1 fully saturated rings. The van der Waals surface area contributed by atoms with Gasteiger partial charge in [0.05, 0.1) is 12.2 Å². The average Bonchev–Trinajstić information content (AvgIpc) is 2.81. The van der Waals surface area contributed by atoms with Gasteiger partial charge >= 0.3 is 0 Å². The fourth-order valence-corrected chi connectivity index (χ4v) is 3.26. The van der Waals surface area contributed by atoms with E-state index in [1.54, 1.807) is 0 Å². The summed E-state index contributed by atoms with van der Waals surface area (Å²) in [5.74, 6) is 0.544. The maximum absolute atomic E-state index is 12.5. The van der Waals surface area contributed by atoms with E-state index in [-0.39, 0.29) is 18.1 Å². The monoisotopic (exact) mass is 274 g/mol. The predicted molar refractivity (Wildman–Crippen MR) is 78.9 cm³/mol. The lowest BCUT2D eigenvalue weighted by molar-refractivity contribution is -0.143. The van der Waals surface area contributed by atoms with Crippen LogP contribution >= 0.6 is 0 Å². The highest BCUT2D eigenvalue weighted by Crippen LogP contribution is 2.33. The van der Waals surface area contributed by atoms with E-state index in [1.807, 2.05) is 30.9 Å². The summed E-state index contributed by atoms with van der Waals surface area (Å²) in [5.41, 5.74) is 2.45. The molecule has 0 aliphatic carbocycles. The van der Waals surface area contributed by atoms with E-state index in [2.05, 4.69) is 17.4 Å². The first kappa shape index (κ1) is 13.4. The van der Waals surface area contributed by atoms with Gasteiger partial charge in [0.2, 0.25) is 5.91 Å². The summed E-state index contributed by atoms with van der Waals surface area (Å²) in [6.07, 6.45) is 0.858. The summed E-state index contributed by atoms with van der Waals surface area (Å²) in [4.78, 5) is 14.5. The fourth-order valence-electron chi connectivity index (χ4n) is 3.26. The first-order valence-corrected chi connectivity index (χ1v) is 7.39. The molecule has 4 nitrogen and oxygen atoms in total. The maximum Gasteiger partial charge on any atom is 0.223 e. The molecule has 3 unspecified atom stereocenters. The molecule has 108 valence electrons. The van der Waals surface area contributed by atoms with Crippen molar-refractivity contribution in [3.63, 3.8) is 0 Å². The van der Waals surface area contributed by atoms with Crippen molar-refractivity contribution in [3.05, 3.63) is 29.8 Å². The third-order valence-electron chi connectivity index (χ3n) is 4.13. The van der Waals surface area contributed by atoms with Crippen molar-refractivity contribution in [1.29, 1.82) is 0 Å². The molecule has 4 heteroatoms. The lowest BCUT2D eigenvalue weighted by Gasteiger charge is -2.35. The zero-order chi connectivity index (χ0) is 14.1. The van der Waals surface area contributed by atoms with E-state index < -0.39 is 0 Å². The zero-order valence-electron chi connectivity index (χ0n) is 12.1. The Morgan fingerprint density at radius 1 is 1.30 bits per heavy atom. The Labute approximate surface area is 120 Å². The van der Waals surface area contributed by atoms with Gasteiger partial charge in [-0.2, -0.15) is 0 Å². The second-order valence-electron chi connectivity index (χ2n) is 5.93. The molecule has 1 amide bonds. The Morgan fingerprint density at radius 3 is 2.75 bits per heavy atom. The summed E-state index contributed by atoms with van der Waals surface area (Å²) < 4.78 is 5.69. The Morgan fingerprint density at radius 2 is 2.00 bits per heavy atom. The van der Waals surface area contributed by atoms with Crippen LogP contribution in [0.5, 0.6) is 0 Å². The number of morpholine rings is 1. The van der Waals surface area contributed by atoms with Crippen molar-refractivity contribution >= 4 is 11.6 Å². The lowest BCUT2D eigenvalue weighted by atomic mass is 9.97. The highest BCUT2D eigenvalue weighted by molar-refractivity contribution is 5.78. The van der Waals surface area contributed by atoms with Gasteiger partial charge < -0.3 is 15.0 Å². The van der Waals surface area contributed by atoms with Gasteiger partial charge in [0.25, 0.3) is 0 Å². The number of carbonyl (C=O) groups excluding carboxylic acids is 1. The largest absolute Gasteiger partial charge is 0.384 e. The molecular weight excluding hydrogens is 252 g/mol. The highest BCUT2D eigenvalue weighted by atomic mass is 16.5.